The molecule has 0 saturated carbocycles. The second kappa shape index (κ2) is 71.2. The molecule has 0 aliphatic heterocycles. The summed E-state index contributed by atoms with van der Waals surface area (Å²) in [5.41, 5.74) is -2.76. The zero-order chi connectivity index (χ0) is 65.9. The molecule has 0 bridgehead atoms. The maximum atomic E-state index is 12.4. The molecule has 0 N–H and O–H groups in total. The van der Waals surface area contributed by atoms with Crippen LogP contribution in [0.5, 0.6) is 0 Å². The van der Waals surface area contributed by atoms with Crippen LogP contribution in [0.1, 0.15) is 91.9 Å². The van der Waals surface area contributed by atoms with Gasteiger partial charge >= 0.3 is 145 Å². The zero-order valence-corrected chi connectivity index (χ0v) is 66.5. The molecule has 0 aromatic heterocycles. The first-order valence-electron chi connectivity index (χ1n) is 25.9. The van der Waals surface area contributed by atoms with Gasteiger partial charge in [-0.25, -0.2) is 0 Å². The van der Waals surface area contributed by atoms with Gasteiger partial charge in [0.25, 0.3) is 0 Å². The maximum Gasteiger partial charge on any atom is 2.00 e. The molecule has 0 atom stereocenters. The molecular formula is C52H84Cl2O24S8Zn3. The van der Waals surface area contributed by atoms with E-state index in [1.165, 1.54) is 75.5 Å². The smallest absolute Gasteiger partial charge is 2.00 e. The summed E-state index contributed by atoms with van der Waals surface area (Å²) in [7, 11) is 14.7. The third-order valence-corrected chi connectivity index (χ3v) is 14.8. The molecule has 0 aliphatic rings. The number of hydrogen-bond donors (Lipinski definition) is 0. The van der Waals surface area contributed by atoms with Crippen molar-refractivity contribution in [3.05, 3.63) is 0 Å². The number of carbonyl (C=O) groups is 12. The summed E-state index contributed by atoms with van der Waals surface area (Å²) in [4.78, 5) is 143. The number of methoxy groups -OCH3 is 4. The third-order valence-electron chi connectivity index (χ3n) is 10.1. The van der Waals surface area contributed by atoms with Gasteiger partial charge in [-0.15, -0.1) is 0 Å². The van der Waals surface area contributed by atoms with Crippen LogP contribution in [0.15, 0.2) is 0 Å². The van der Waals surface area contributed by atoms with E-state index in [0.717, 1.165) is 34.6 Å². The molecule has 0 aromatic rings. The van der Waals surface area contributed by atoms with Crippen LogP contribution in [0.4, 0.5) is 0 Å². The molecule has 0 radical (unpaired) electrons. The van der Waals surface area contributed by atoms with Crippen LogP contribution < -0.4 is 0 Å². The first-order chi connectivity index (χ1) is 41.2. The summed E-state index contributed by atoms with van der Waals surface area (Å²) in [6, 6.07) is 0. The summed E-state index contributed by atoms with van der Waals surface area (Å²) in [6.45, 7) is -2.97. The van der Waals surface area contributed by atoms with Gasteiger partial charge in [0, 0.05) is 71.7 Å². The van der Waals surface area contributed by atoms with Crippen molar-refractivity contribution in [2.75, 3.05) is 150 Å². The Morgan fingerprint density at radius 2 is 0.404 bits per heavy atom. The van der Waals surface area contributed by atoms with Crippen molar-refractivity contribution < 1.29 is 168 Å². The first kappa shape index (κ1) is 101. The Bertz CT molecular complexity index is 1680. The quantitative estimate of drug-likeness (QED) is 0.0241. The van der Waals surface area contributed by atoms with Crippen LogP contribution in [-0.4, -0.2) is 222 Å². The first-order valence-corrected chi connectivity index (χ1v) is 40.6. The van der Waals surface area contributed by atoms with Gasteiger partial charge in [0.1, 0.15) is 63.7 Å². The van der Waals surface area contributed by atoms with Crippen LogP contribution in [-0.2, 0) is 219 Å². The maximum absolute atomic E-state index is 12.4. The van der Waals surface area contributed by atoms with E-state index >= 15 is 0 Å². The van der Waals surface area contributed by atoms with Gasteiger partial charge in [-0.1, -0.05) is 14.9 Å². The Morgan fingerprint density at radius 1 is 0.281 bits per heavy atom. The Balaban J connectivity index is -0.000000277. The summed E-state index contributed by atoms with van der Waals surface area (Å²) in [5, 5.41) is 0. The van der Waals surface area contributed by atoms with E-state index in [4.69, 9.17) is 108 Å². The molecule has 0 fully saturated rings. The molecule has 0 saturated heterocycles. The Morgan fingerprint density at radius 3 is 0.528 bits per heavy atom. The number of carbonyl (C=O) groups excluding carboxylic acids is 12. The molecule has 504 valence electrons. The molecule has 0 rings (SSSR count). The average molecular weight is 1620 g/mol. The van der Waals surface area contributed by atoms with Gasteiger partial charge in [0.15, 0.2) is 0 Å². The minimum Gasteiger partial charge on any atom is 2.00 e. The van der Waals surface area contributed by atoms with Crippen LogP contribution in [0, 0.1) is 10.8 Å². The minimum atomic E-state index is -1.38. The van der Waals surface area contributed by atoms with E-state index in [-0.39, 0.29) is 211 Å². The average Bonchev–Trinajstić information content (AvgIpc) is 3.56. The third kappa shape index (κ3) is 64.0. The van der Waals surface area contributed by atoms with E-state index in [1.807, 2.05) is 0 Å². The van der Waals surface area contributed by atoms with Crippen molar-refractivity contribution in [3.63, 3.8) is 0 Å². The molecule has 0 spiro atoms. The fourth-order valence-electron chi connectivity index (χ4n) is 5.34. The fraction of sp³-hybridized carbons (Fsp3) is 0.769. The van der Waals surface area contributed by atoms with E-state index < -0.39 is 58.6 Å². The Labute approximate surface area is 604 Å². The van der Waals surface area contributed by atoms with Crippen molar-refractivity contribution >= 4 is 189 Å². The largest absolute Gasteiger partial charge is 2.00 e. The number of hydrogen-bond acceptors (Lipinski definition) is 32. The van der Waals surface area contributed by atoms with Gasteiger partial charge in [-0.05, 0) is 0 Å². The normalized spacial score (nSPS) is 10.1. The molecule has 0 heterocycles. The number of rotatable bonds is 48. The molecule has 0 aromatic carbocycles. The number of thioether (sulfide) groups is 4. The van der Waals surface area contributed by atoms with Crippen LogP contribution >= 0.6 is 66.4 Å². The van der Waals surface area contributed by atoms with Gasteiger partial charge in [0.2, 0.25) is 0 Å². The SMILES string of the molecule is C.C.COC(=O)CCSCCC(=O)OCC(COC(=O)CC[S-])(COC(=O)CC[S-])COC(=O)CCSCCC(=O)OC.COC(=O)CCSCCC(=O)OCC(COC(=O)CC[S-])(COC(=O)CC[S-])COC(=O)CCSCCC(=O)OC.[Cl][Zn+].[Cl][Zn+].[Zn+2]. The minimum absolute atomic E-state index is 0. The van der Waals surface area contributed by atoms with E-state index in [2.05, 4.69) is 18.9 Å². The fourth-order valence-corrected chi connectivity index (χ4v) is 9.31. The van der Waals surface area contributed by atoms with Gasteiger partial charge in [0.05, 0.1) is 79.8 Å². The summed E-state index contributed by atoms with van der Waals surface area (Å²) < 4.78 is 61.1. The van der Waals surface area contributed by atoms with Crippen LogP contribution in [0.2, 0.25) is 0 Å². The second-order valence-corrected chi connectivity index (χ2v) is 23.4. The summed E-state index contributed by atoms with van der Waals surface area (Å²) in [5.74, 6) is -2.24. The zero-order valence-electron chi connectivity index (χ0n) is 49.6. The number of ether oxygens (including phenoxy) is 12. The molecule has 0 amide bonds. The van der Waals surface area contributed by atoms with Crippen LogP contribution in [0.25, 0.3) is 0 Å². The van der Waals surface area contributed by atoms with Crippen molar-refractivity contribution in [3.8, 4) is 0 Å². The molecule has 24 nitrogen and oxygen atoms in total. The van der Waals surface area contributed by atoms with Gasteiger partial charge in [-0.2, -0.15) is 70.1 Å². The van der Waals surface area contributed by atoms with Gasteiger partial charge in [-0.3, -0.25) is 57.5 Å². The number of halogens is 2. The number of esters is 12. The van der Waals surface area contributed by atoms with Crippen LogP contribution in [0.3, 0.4) is 0 Å². The van der Waals surface area contributed by atoms with E-state index in [0.29, 0.717) is 46.0 Å². The predicted molar refractivity (Wildman–Crippen MR) is 339 cm³/mol. The standard InChI is InChI=1S/2C25H40O12S4.2CH4.2ClH.3Zn/c2*1-32-19(26)5-11-40-13-7-23(30)36-17-25(15-34-21(28)3-9-38,16-35-22(29)4-10-39)18-37-24(31)8-14-41-12-6-20(27)33-2;;;;;;;/h2*38-39H,3-18H2,1-2H3;2*1H4;2*1H;;;/q;;;;;;3*+2/p-6. The molecule has 0 unspecified atom stereocenters. The summed E-state index contributed by atoms with van der Waals surface area (Å²) >= 11 is 26.4. The second-order valence-electron chi connectivity index (χ2n) is 16.9. The van der Waals surface area contributed by atoms with Gasteiger partial charge < -0.3 is 107 Å². The van der Waals surface area contributed by atoms with Crippen molar-refractivity contribution in [1.29, 1.82) is 0 Å². The van der Waals surface area contributed by atoms with Crippen molar-refractivity contribution in [2.24, 2.45) is 10.8 Å². The summed E-state index contributed by atoms with van der Waals surface area (Å²) in [6.07, 6.45) is 0.786. The van der Waals surface area contributed by atoms with E-state index in [1.54, 1.807) is 0 Å². The van der Waals surface area contributed by atoms with E-state index in [9.17, 15) is 57.5 Å². The molecular weight excluding hydrogens is 1530 g/mol. The monoisotopic (exact) mass is 1610 g/mol. The van der Waals surface area contributed by atoms with Crippen molar-refractivity contribution in [2.45, 2.75) is 91.9 Å². The predicted octanol–water partition coefficient (Wildman–Crippen LogP) is 5.43. The topological polar surface area (TPSA) is 316 Å². The molecule has 0 aliphatic carbocycles. The molecule has 89 heavy (non-hydrogen) atoms. The Hall–Kier alpha value is -1.11. The molecule has 37 heteroatoms. The Kier molecular flexibility index (Phi) is 81.1. The van der Waals surface area contributed by atoms with Crippen molar-refractivity contribution in [1.82, 2.24) is 0 Å².